The average Bonchev–Trinajstić information content (AvgIpc) is 2.74. The Morgan fingerprint density at radius 2 is 2.10 bits per heavy atom. The Labute approximate surface area is 127 Å². The number of hydrogen-bond donors (Lipinski definition) is 1. The van der Waals surface area contributed by atoms with E-state index in [0.29, 0.717) is 6.54 Å². The van der Waals surface area contributed by atoms with Gasteiger partial charge in [-0.3, -0.25) is 9.59 Å². The third-order valence-electron chi connectivity index (χ3n) is 4.75. The van der Waals surface area contributed by atoms with Gasteiger partial charge in [0.15, 0.2) is 0 Å². The molecule has 0 aliphatic carbocycles. The van der Waals surface area contributed by atoms with E-state index in [1.807, 2.05) is 13.8 Å². The van der Waals surface area contributed by atoms with E-state index in [2.05, 4.69) is 19.2 Å². The number of carbonyl (C=O) groups excluding carboxylic acids is 2. The molecule has 120 valence electrons. The van der Waals surface area contributed by atoms with Crippen LogP contribution in [0.25, 0.3) is 0 Å². The standard InChI is InChI=1S/C16H28N2O3/c1-6-10(2)13-14(19)17-11(3)15(20)18(13)9-12-7-8-16(4,5)21-12/h10-13H,6-9H2,1-5H3,(H,17,19). The molecule has 0 aromatic heterocycles. The second kappa shape index (κ2) is 5.95. The van der Waals surface area contributed by atoms with Crippen LogP contribution in [0.15, 0.2) is 0 Å². The number of rotatable bonds is 4. The van der Waals surface area contributed by atoms with Crippen molar-refractivity contribution in [2.75, 3.05) is 6.54 Å². The molecule has 0 aromatic rings. The number of nitrogens with zero attached hydrogens (tertiary/aromatic N) is 1. The third-order valence-corrected chi connectivity index (χ3v) is 4.75. The minimum Gasteiger partial charge on any atom is -0.371 e. The lowest BCUT2D eigenvalue weighted by Crippen LogP contribution is -2.65. The van der Waals surface area contributed by atoms with Crippen LogP contribution in [0, 0.1) is 5.92 Å². The zero-order valence-corrected chi connectivity index (χ0v) is 13.8. The normalized spacial score (nSPS) is 34.0. The molecular weight excluding hydrogens is 268 g/mol. The second-order valence-corrected chi connectivity index (χ2v) is 7.09. The van der Waals surface area contributed by atoms with Gasteiger partial charge in [-0.1, -0.05) is 20.3 Å². The van der Waals surface area contributed by atoms with Crippen molar-refractivity contribution in [1.29, 1.82) is 0 Å². The van der Waals surface area contributed by atoms with E-state index >= 15 is 0 Å². The van der Waals surface area contributed by atoms with Crippen molar-refractivity contribution in [3.8, 4) is 0 Å². The maximum Gasteiger partial charge on any atom is 0.245 e. The van der Waals surface area contributed by atoms with Crippen molar-refractivity contribution >= 4 is 11.8 Å². The van der Waals surface area contributed by atoms with Gasteiger partial charge in [-0.15, -0.1) is 0 Å². The molecule has 2 amide bonds. The number of ether oxygens (including phenoxy) is 1. The topological polar surface area (TPSA) is 58.6 Å². The third kappa shape index (κ3) is 3.39. The first-order chi connectivity index (χ1) is 9.75. The molecule has 5 nitrogen and oxygen atoms in total. The van der Waals surface area contributed by atoms with Crippen LogP contribution in [0.3, 0.4) is 0 Å². The van der Waals surface area contributed by atoms with Gasteiger partial charge in [-0.2, -0.15) is 0 Å². The Hall–Kier alpha value is -1.10. The SMILES string of the molecule is CCC(C)C1C(=O)NC(C)C(=O)N1CC1CCC(C)(C)O1. The molecule has 2 fully saturated rings. The second-order valence-electron chi connectivity index (χ2n) is 7.09. The summed E-state index contributed by atoms with van der Waals surface area (Å²) in [6.07, 6.45) is 2.84. The maximum atomic E-state index is 12.5. The molecule has 0 radical (unpaired) electrons. The van der Waals surface area contributed by atoms with E-state index in [0.717, 1.165) is 19.3 Å². The number of amides is 2. The van der Waals surface area contributed by atoms with Crippen LogP contribution in [0.2, 0.25) is 0 Å². The highest BCUT2D eigenvalue weighted by atomic mass is 16.5. The smallest absolute Gasteiger partial charge is 0.245 e. The predicted octanol–water partition coefficient (Wildman–Crippen LogP) is 1.71. The first kappa shape index (κ1) is 16.3. The van der Waals surface area contributed by atoms with Gasteiger partial charge < -0.3 is 15.0 Å². The molecule has 21 heavy (non-hydrogen) atoms. The van der Waals surface area contributed by atoms with Gasteiger partial charge in [-0.05, 0) is 39.5 Å². The van der Waals surface area contributed by atoms with Crippen molar-refractivity contribution in [1.82, 2.24) is 10.2 Å². The van der Waals surface area contributed by atoms with Gasteiger partial charge in [0.25, 0.3) is 0 Å². The van der Waals surface area contributed by atoms with Crippen molar-refractivity contribution in [3.63, 3.8) is 0 Å². The van der Waals surface area contributed by atoms with E-state index in [1.54, 1.807) is 11.8 Å². The molecule has 0 saturated carbocycles. The fourth-order valence-corrected chi connectivity index (χ4v) is 3.31. The number of hydrogen-bond acceptors (Lipinski definition) is 3. The van der Waals surface area contributed by atoms with Crippen LogP contribution in [-0.2, 0) is 14.3 Å². The molecular formula is C16H28N2O3. The van der Waals surface area contributed by atoms with E-state index in [1.165, 1.54) is 0 Å². The quantitative estimate of drug-likeness (QED) is 0.859. The summed E-state index contributed by atoms with van der Waals surface area (Å²) in [6, 6.07) is -0.807. The minimum atomic E-state index is -0.438. The summed E-state index contributed by atoms with van der Waals surface area (Å²) in [5.41, 5.74) is -0.122. The molecule has 0 spiro atoms. The zero-order chi connectivity index (χ0) is 15.8. The van der Waals surface area contributed by atoms with Gasteiger partial charge in [0, 0.05) is 6.54 Å². The Morgan fingerprint density at radius 1 is 1.43 bits per heavy atom. The van der Waals surface area contributed by atoms with Crippen LogP contribution in [0.4, 0.5) is 0 Å². The Kier molecular flexibility index (Phi) is 4.61. The number of carbonyl (C=O) groups is 2. The summed E-state index contributed by atoms with van der Waals surface area (Å²) in [7, 11) is 0. The highest BCUT2D eigenvalue weighted by molar-refractivity contribution is 5.96. The predicted molar refractivity (Wildman–Crippen MR) is 80.7 cm³/mol. The molecule has 4 atom stereocenters. The summed E-state index contributed by atoms with van der Waals surface area (Å²) >= 11 is 0. The van der Waals surface area contributed by atoms with Gasteiger partial charge in [0.1, 0.15) is 12.1 Å². The first-order valence-electron chi connectivity index (χ1n) is 8.04. The lowest BCUT2D eigenvalue weighted by molar-refractivity contribution is -0.153. The first-order valence-corrected chi connectivity index (χ1v) is 8.04. The summed E-state index contributed by atoms with van der Waals surface area (Å²) in [5.74, 6) is 0.123. The van der Waals surface area contributed by atoms with Gasteiger partial charge in [0.05, 0.1) is 11.7 Å². The zero-order valence-electron chi connectivity index (χ0n) is 13.8. The van der Waals surface area contributed by atoms with E-state index in [4.69, 9.17) is 4.74 Å². The lowest BCUT2D eigenvalue weighted by atomic mass is 9.93. The molecule has 0 aromatic carbocycles. The van der Waals surface area contributed by atoms with Crippen LogP contribution in [-0.4, -0.2) is 47.0 Å². The molecule has 4 unspecified atom stereocenters. The van der Waals surface area contributed by atoms with Crippen LogP contribution in [0.1, 0.15) is 53.9 Å². The average molecular weight is 296 g/mol. The molecule has 2 heterocycles. The molecule has 5 heteroatoms. The molecule has 2 saturated heterocycles. The van der Waals surface area contributed by atoms with Gasteiger partial charge in [0.2, 0.25) is 11.8 Å². The summed E-state index contributed by atoms with van der Waals surface area (Å²) in [6.45, 7) is 10.5. The fourth-order valence-electron chi connectivity index (χ4n) is 3.31. The van der Waals surface area contributed by atoms with Crippen molar-refractivity contribution < 1.29 is 14.3 Å². The van der Waals surface area contributed by atoms with E-state index in [-0.39, 0.29) is 35.5 Å². The summed E-state index contributed by atoms with van der Waals surface area (Å²) in [5, 5.41) is 2.79. The van der Waals surface area contributed by atoms with E-state index < -0.39 is 6.04 Å². The Morgan fingerprint density at radius 3 is 2.62 bits per heavy atom. The fraction of sp³-hybridized carbons (Fsp3) is 0.875. The summed E-state index contributed by atoms with van der Waals surface area (Å²) in [4.78, 5) is 26.6. The number of piperazine rings is 1. The molecule has 2 aliphatic rings. The molecule has 2 rings (SSSR count). The monoisotopic (exact) mass is 296 g/mol. The van der Waals surface area contributed by atoms with Crippen molar-refractivity contribution in [2.45, 2.75) is 77.7 Å². The lowest BCUT2D eigenvalue weighted by Gasteiger charge is -2.41. The molecule has 2 aliphatic heterocycles. The molecule has 0 bridgehead atoms. The van der Waals surface area contributed by atoms with Crippen LogP contribution in [0.5, 0.6) is 0 Å². The van der Waals surface area contributed by atoms with Crippen molar-refractivity contribution in [2.24, 2.45) is 5.92 Å². The van der Waals surface area contributed by atoms with Crippen molar-refractivity contribution in [3.05, 3.63) is 0 Å². The highest BCUT2D eigenvalue weighted by Gasteiger charge is 2.43. The minimum absolute atomic E-state index is 0.00760. The van der Waals surface area contributed by atoms with Crippen LogP contribution >= 0.6 is 0 Å². The highest BCUT2D eigenvalue weighted by Crippen LogP contribution is 2.31. The maximum absolute atomic E-state index is 12.5. The largest absolute Gasteiger partial charge is 0.371 e. The Balaban J connectivity index is 2.14. The van der Waals surface area contributed by atoms with Gasteiger partial charge >= 0.3 is 0 Å². The Bertz CT molecular complexity index is 422. The van der Waals surface area contributed by atoms with E-state index in [9.17, 15) is 9.59 Å². The summed E-state index contributed by atoms with van der Waals surface area (Å²) < 4.78 is 6.01. The number of nitrogens with one attached hydrogen (secondary N) is 1. The van der Waals surface area contributed by atoms with Gasteiger partial charge in [-0.25, -0.2) is 0 Å². The molecule has 1 N–H and O–H groups in total. The van der Waals surface area contributed by atoms with Crippen LogP contribution < -0.4 is 5.32 Å².